The van der Waals surface area contributed by atoms with Gasteiger partial charge in [0, 0.05) is 12.5 Å². The summed E-state index contributed by atoms with van der Waals surface area (Å²) in [4.78, 5) is 6.70. The molecule has 2 rings (SSSR count). The summed E-state index contributed by atoms with van der Waals surface area (Å²) < 4.78 is 5.29. The molecule has 0 radical (unpaired) electrons. The molecule has 4 heteroatoms. The Balaban J connectivity index is 1.98. The van der Waals surface area contributed by atoms with Gasteiger partial charge in [0.1, 0.15) is 0 Å². The molecule has 19 heavy (non-hydrogen) atoms. The number of benzene rings is 1. The highest BCUT2D eigenvalue weighted by Gasteiger charge is 2.12. The third kappa shape index (κ3) is 3.89. The van der Waals surface area contributed by atoms with E-state index in [1.165, 1.54) is 5.56 Å². The van der Waals surface area contributed by atoms with Crippen molar-refractivity contribution in [1.82, 2.24) is 15.0 Å². The van der Waals surface area contributed by atoms with Gasteiger partial charge < -0.3 is 4.52 Å². The Labute approximate surface area is 114 Å². The lowest BCUT2D eigenvalue weighted by molar-refractivity contribution is 0.228. The Bertz CT molecular complexity index is 493. The van der Waals surface area contributed by atoms with E-state index in [9.17, 15) is 0 Å². The fraction of sp³-hybridized carbons (Fsp3) is 0.467. The van der Waals surface area contributed by atoms with Gasteiger partial charge in [-0.3, -0.25) is 4.90 Å². The molecule has 0 aliphatic carbocycles. The summed E-state index contributed by atoms with van der Waals surface area (Å²) in [5, 5.41) is 4.00. The minimum atomic E-state index is 0.307. The molecule has 0 amide bonds. The van der Waals surface area contributed by atoms with Crippen LogP contribution >= 0.6 is 0 Å². The molecule has 0 fully saturated rings. The summed E-state index contributed by atoms with van der Waals surface area (Å²) in [6.07, 6.45) is 0. The first-order valence-corrected chi connectivity index (χ1v) is 6.77. The summed E-state index contributed by atoms with van der Waals surface area (Å²) in [6.45, 7) is 8.82. The second-order valence-electron chi connectivity index (χ2n) is 4.99. The van der Waals surface area contributed by atoms with Gasteiger partial charge in [-0.2, -0.15) is 4.98 Å². The molecule has 0 atom stereocenters. The molecule has 0 N–H and O–H groups in total. The second-order valence-corrected chi connectivity index (χ2v) is 4.99. The molecule has 0 saturated carbocycles. The topological polar surface area (TPSA) is 42.2 Å². The van der Waals surface area contributed by atoms with Crippen molar-refractivity contribution < 1.29 is 4.52 Å². The Morgan fingerprint density at radius 1 is 1.16 bits per heavy atom. The maximum absolute atomic E-state index is 5.29. The van der Waals surface area contributed by atoms with E-state index in [1.807, 2.05) is 6.07 Å². The molecular formula is C15H21N3O. The molecule has 0 aliphatic rings. The van der Waals surface area contributed by atoms with Crippen molar-refractivity contribution in [2.24, 2.45) is 0 Å². The lowest BCUT2D eigenvalue weighted by atomic mass is 10.2. The normalized spacial score (nSPS) is 11.4. The highest BCUT2D eigenvalue weighted by molar-refractivity contribution is 5.14. The van der Waals surface area contributed by atoms with Crippen molar-refractivity contribution in [1.29, 1.82) is 0 Å². The van der Waals surface area contributed by atoms with Crippen molar-refractivity contribution in [3.63, 3.8) is 0 Å². The van der Waals surface area contributed by atoms with Crippen molar-refractivity contribution in [2.75, 3.05) is 6.54 Å². The second kappa shape index (κ2) is 6.48. The van der Waals surface area contributed by atoms with Gasteiger partial charge in [-0.1, -0.05) is 56.3 Å². The third-order valence-corrected chi connectivity index (χ3v) is 3.06. The molecule has 0 unspecified atom stereocenters. The van der Waals surface area contributed by atoms with Crippen LogP contribution in [0.4, 0.5) is 0 Å². The molecule has 0 saturated heterocycles. The highest BCUT2D eigenvalue weighted by Crippen LogP contribution is 2.12. The van der Waals surface area contributed by atoms with Crippen molar-refractivity contribution in [3.05, 3.63) is 47.6 Å². The van der Waals surface area contributed by atoms with Gasteiger partial charge in [0.25, 0.3) is 0 Å². The maximum Gasteiger partial charge on any atom is 0.240 e. The largest absolute Gasteiger partial charge is 0.338 e. The minimum Gasteiger partial charge on any atom is -0.338 e. The molecule has 2 aromatic rings. The number of hydrogen-bond donors (Lipinski definition) is 0. The van der Waals surface area contributed by atoms with Gasteiger partial charge in [0.2, 0.25) is 5.89 Å². The van der Waals surface area contributed by atoms with Gasteiger partial charge >= 0.3 is 0 Å². The first kappa shape index (κ1) is 13.7. The van der Waals surface area contributed by atoms with E-state index in [0.29, 0.717) is 18.4 Å². The standard InChI is InChI=1S/C15H21N3O/c1-4-18(10-13-8-6-5-7-9-13)11-14-16-15(12(2)3)17-19-14/h5-9,12H,4,10-11H2,1-3H3. The maximum atomic E-state index is 5.29. The van der Waals surface area contributed by atoms with E-state index in [0.717, 1.165) is 18.9 Å². The van der Waals surface area contributed by atoms with Crippen molar-refractivity contribution in [2.45, 2.75) is 39.8 Å². The molecule has 1 aromatic carbocycles. The third-order valence-electron chi connectivity index (χ3n) is 3.06. The summed E-state index contributed by atoms with van der Waals surface area (Å²) in [6, 6.07) is 10.4. The Kier molecular flexibility index (Phi) is 4.68. The fourth-order valence-electron chi connectivity index (χ4n) is 1.88. The Morgan fingerprint density at radius 3 is 2.47 bits per heavy atom. The molecular weight excluding hydrogens is 238 g/mol. The van der Waals surface area contributed by atoms with Crippen molar-refractivity contribution in [3.8, 4) is 0 Å². The van der Waals surface area contributed by atoms with Gasteiger partial charge in [-0.25, -0.2) is 0 Å². The zero-order valence-corrected chi connectivity index (χ0v) is 11.8. The summed E-state index contributed by atoms with van der Waals surface area (Å²) in [5.41, 5.74) is 1.30. The molecule has 1 aromatic heterocycles. The van der Waals surface area contributed by atoms with E-state index in [2.05, 4.69) is 60.1 Å². The van der Waals surface area contributed by atoms with E-state index >= 15 is 0 Å². The predicted molar refractivity (Wildman–Crippen MR) is 74.6 cm³/mol. The molecule has 0 spiro atoms. The van der Waals surface area contributed by atoms with Crippen LogP contribution in [0.25, 0.3) is 0 Å². The zero-order chi connectivity index (χ0) is 13.7. The van der Waals surface area contributed by atoms with Gasteiger partial charge in [0.05, 0.1) is 6.54 Å². The SMILES string of the molecule is CCN(Cc1ccccc1)Cc1nc(C(C)C)no1. The van der Waals surface area contributed by atoms with E-state index in [1.54, 1.807) is 0 Å². The quantitative estimate of drug-likeness (QED) is 0.799. The summed E-state index contributed by atoms with van der Waals surface area (Å²) in [7, 11) is 0. The molecule has 0 bridgehead atoms. The average Bonchev–Trinajstić information content (AvgIpc) is 2.88. The zero-order valence-electron chi connectivity index (χ0n) is 11.8. The van der Waals surface area contributed by atoms with Crippen molar-refractivity contribution >= 4 is 0 Å². The van der Waals surface area contributed by atoms with Gasteiger partial charge in [-0.15, -0.1) is 0 Å². The average molecular weight is 259 g/mol. The fourth-order valence-corrected chi connectivity index (χ4v) is 1.88. The van der Waals surface area contributed by atoms with Crippen LogP contribution in [0.1, 0.15) is 44.0 Å². The van der Waals surface area contributed by atoms with Crippen LogP contribution in [-0.2, 0) is 13.1 Å². The first-order valence-electron chi connectivity index (χ1n) is 6.77. The van der Waals surface area contributed by atoms with Gasteiger partial charge in [0.15, 0.2) is 5.82 Å². The minimum absolute atomic E-state index is 0.307. The van der Waals surface area contributed by atoms with E-state index < -0.39 is 0 Å². The molecule has 1 heterocycles. The molecule has 102 valence electrons. The first-order chi connectivity index (χ1) is 9.19. The number of aromatic nitrogens is 2. The summed E-state index contributed by atoms with van der Waals surface area (Å²) in [5.74, 6) is 1.79. The number of rotatable bonds is 6. The number of nitrogens with zero attached hydrogens (tertiary/aromatic N) is 3. The van der Waals surface area contributed by atoms with Crippen LogP contribution in [0, 0.1) is 0 Å². The van der Waals surface area contributed by atoms with Crippen LogP contribution in [0.5, 0.6) is 0 Å². The molecule has 0 aliphatic heterocycles. The van der Waals surface area contributed by atoms with Gasteiger partial charge in [-0.05, 0) is 12.1 Å². The molecule has 4 nitrogen and oxygen atoms in total. The van der Waals surface area contributed by atoms with Crippen LogP contribution in [0.15, 0.2) is 34.9 Å². The lowest BCUT2D eigenvalue weighted by Gasteiger charge is -2.18. The summed E-state index contributed by atoms with van der Waals surface area (Å²) >= 11 is 0. The van der Waals surface area contributed by atoms with Crippen LogP contribution in [0.3, 0.4) is 0 Å². The van der Waals surface area contributed by atoms with Crippen LogP contribution in [-0.4, -0.2) is 21.6 Å². The lowest BCUT2D eigenvalue weighted by Crippen LogP contribution is -2.22. The smallest absolute Gasteiger partial charge is 0.240 e. The Hall–Kier alpha value is -1.68. The van der Waals surface area contributed by atoms with Crippen LogP contribution in [0.2, 0.25) is 0 Å². The van der Waals surface area contributed by atoms with Crippen LogP contribution < -0.4 is 0 Å². The number of hydrogen-bond acceptors (Lipinski definition) is 4. The monoisotopic (exact) mass is 259 g/mol. The highest BCUT2D eigenvalue weighted by atomic mass is 16.5. The van der Waals surface area contributed by atoms with E-state index in [-0.39, 0.29) is 0 Å². The Morgan fingerprint density at radius 2 is 1.89 bits per heavy atom. The predicted octanol–water partition coefficient (Wildman–Crippen LogP) is 3.22. The van der Waals surface area contributed by atoms with E-state index in [4.69, 9.17) is 4.52 Å².